The summed E-state index contributed by atoms with van der Waals surface area (Å²) in [7, 11) is 0. The molecule has 0 amide bonds. The van der Waals surface area contributed by atoms with Gasteiger partial charge in [0.15, 0.2) is 17.5 Å². The summed E-state index contributed by atoms with van der Waals surface area (Å²) in [5.41, 5.74) is 14.8. The highest BCUT2D eigenvalue weighted by molar-refractivity contribution is 7.22. The van der Waals surface area contributed by atoms with Gasteiger partial charge in [0.25, 0.3) is 0 Å². The van der Waals surface area contributed by atoms with E-state index in [1.165, 1.54) is 37.9 Å². The Labute approximate surface area is 328 Å². The van der Waals surface area contributed by atoms with Gasteiger partial charge in [-0.3, -0.25) is 0 Å². The Morgan fingerprint density at radius 3 is 1.73 bits per heavy atom. The molecule has 3 heterocycles. The van der Waals surface area contributed by atoms with Gasteiger partial charge in [-0.2, -0.15) is 0 Å². The molecule has 0 N–H and O–H groups in total. The van der Waals surface area contributed by atoms with Crippen LogP contribution in [-0.4, -0.2) is 24.5 Å². The van der Waals surface area contributed by atoms with Crippen LogP contribution in [0.3, 0.4) is 0 Å². The summed E-state index contributed by atoms with van der Waals surface area (Å²) in [5.74, 6) is 1.95. The predicted octanol–water partition coefficient (Wildman–Crippen LogP) is 12.9. The quantitative estimate of drug-likeness (QED) is 0.176. The maximum Gasteiger partial charge on any atom is 0.164 e. The van der Waals surface area contributed by atoms with Crippen molar-refractivity contribution < 1.29 is 0 Å². The average Bonchev–Trinajstić information content (AvgIpc) is 3.89. The van der Waals surface area contributed by atoms with E-state index in [-0.39, 0.29) is 5.41 Å². The number of rotatable bonds is 5. The van der Waals surface area contributed by atoms with Gasteiger partial charge in [-0.25, -0.2) is 19.9 Å². The average molecular weight is 738 g/mol. The smallest absolute Gasteiger partial charge is 0.164 e. The molecule has 0 saturated carbocycles. The molecule has 7 aromatic carbocycles. The lowest BCUT2D eigenvalue weighted by Crippen LogP contribution is -2.14. The van der Waals surface area contributed by atoms with Crippen LogP contribution >= 0.6 is 11.3 Å². The van der Waals surface area contributed by atoms with E-state index in [0.717, 1.165) is 54.9 Å². The molecule has 11 rings (SSSR count). The minimum atomic E-state index is -0.136. The molecule has 0 saturated heterocycles. The molecule has 0 atom stereocenters. The Morgan fingerprint density at radius 2 is 1.07 bits per heavy atom. The molecule has 6 heteroatoms. The molecule has 1 aliphatic rings. The number of aromatic nitrogens is 5. The first-order valence-electron chi connectivity index (χ1n) is 19.0. The molecule has 56 heavy (non-hydrogen) atoms. The molecular formula is C50H35N5S. The molecule has 0 aliphatic heterocycles. The molecule has 0 bridgehead atoms. The fourth-order valence-corrected chi connectivity index (χ4v) is 9.68. The van der Waals surface area contributed by atoms with E-state index in [1.807, 2.05) is 60.7 Å². The predicted molar refractivity (Wildman–Crippen MR) is 231 cm³/mol. The van der Waals surface area contributed by atoms with Crippen molar-refractivity contribution in [2.24, 2.45) is 0 Å². The first-order chi connectivity index (χ1) is 27.4. The van der Waals surface area contributed by atoms with Crippen molar-refractivity contribution in [2.75, 3.05) is 0 Å². The van der Waals surface area contributed by atoms with E-state index in [4.69, 9.17) is 19.9 Å². The normalized spacial score (nSPS) is 13.1. The lowest BCUT2D eigenvalue weighted by Gasteiger charge is -2.21. The van der Waals surface area contributed by atoms with E-state index in [1.54, 1.807) is 11.3 Å². The van der Waals surface area contributed by atoms with Crippen LogP contribution in [-0.2, 0) is 5.41 Å². The molecule has 0 unspecified atom stereocenters. The van der Waals surface area contributed by atoms with Crippen molar-refractivity contribution >= 4 is 43.4 Å². The number of thiazole rings is 1. The second-order valence-corrected chi connectivity index (χ2v) is 16.2. The number of fused-ring (bicyclic) bond motifs is 8. The second-order valence-electron chi connectivity index (χ2n) is 15.2. The van der Waals surface area contributed by atoms with Gasteiger partial charge in [-0.15, -0.1) is 11.3 Å². The summed E-state index contributed by atoms with van der Waals surface area (Å²) >= 11 is 1.79. The molecule has 10 aromatic rings. The molecule has 5 nitrogen and oxygen atoms in total. The van der Waals surface area contributed by atoms with Crippen molar-refractivity contribution in [1.82, 2.24) is 24.5 Å². The first kappa shape index (κ1) is 32.7. The van der Waals surface area contributed by atoms with Crippen LogP contribution in [0.15, 0.2) is 158 Å². The maximum atomic E-state index is 5.12. The highest BCUT2D eigenvalue weighted by Gasteiger charge is 2.37. The third-order valence-corrected chi connectivity index (χ3v) is 12.5. The fourth-order valence-electron chi connectivity index (χ4n) is 8.54. The highest BCUT2D eigenvalue weighted by atomic mass is 32.1. The Hall–Kier alpha value is -6.76. The monoisotopic (exact) mass is 737 g/mol. The molecule has 266 valence electrons. The number of aryl methyl sites for hydroxylation is 1. The van der Waals surface area contributed by atoms with Crippen LogP contribution in [0, 0.1) is 6.92 Å². The number of nitrogens with zero attached hydrogens (tertiary/aromatic N) is 5. The van der Waals surface area contributed by atoms with Gasteiger partial charge in [-0.05, 0) is 72.1 Å². The van der Waals surface area contributed by atoms with Gasteiger partial charge < -0.3 is 4.57 Å². The topological polar surface area (TPSA) is 56.5 Å². The van der Waals surface area contributed by atoms with Crippen molar-refractivity contribution in [3.05, 3.63) is 174 Å². The summed E-state index contributed by atoms with van der Waals surface area (Å²) in [6, 6.07) is 55.8. The van der Waals surface area contributed by atoms with Crippen LogP contribution in [0.25, 0.3) is 93.6 Å². The third kappa shape index (κ3) is 5.06. The van der Waals surface area contributed by atoms with Crippen molar-refractivity contribution in [1.29, 1.82) is 0 Å². The van der Waals surface area contributed by atoms with Crippen molar-refractivity contribution in [3.63, 3.8) is 0 Å². The van der Waals surface area contributed by atoms with Gasteiger partial charge in [0.05, 0.1) is 21.3 Å². The zero-order chi connectivity index (χ0) is 37.5. The van der Waals surface area contributed by atoms with Gasteiger partial charge in [0, 0.05) is 49.7 Å². The summed E-state index contributed by atoms with van der Waals surface area (Å²) < 4.78 is 3.66. The Bertz CT molecular complexity index is 3100. The van der Waals surface area contributed by atoms with E-state index in [9.17, 15) is 0 Å². The van der Waals surface area contributed by atoms with Crippen LogP contribution in [0.4, 0.5) is 0 Å². The van der Waals surface area contributed by atoms with Gasteiger partial charge in [0.2, 0.25) is 0 Å². The summed E-state index contributed by atoms with van der Waals surface area (Å²) in [6.07, 6.45) is 0. The summed E-state index contributed by atoms with van der Waals surface area (Å²) in [4.78, 5) is 20.2. The zero-order valence-corrected chi connectivity index (χ0v) is 32.0. The molecule has 0 radical (unpaired) electrons. The summed E-state index contributed by atoms with van der Waals surface area (Å²) in [6.45, 7) is 6.86. The van der Waals surface area contributed by atoms with Crippen molar-refractivity contribution in [2.45, 2.75) is 26.2 Å². The standard InChI is InChI=1S/C50H35N5S/c1-30-19-25-42-36(27-30)37-28-34(48-53-46(31-13-7-4-8-14-31)52-47(54-48)32-15-9-5-10-16-32)20-26-43(37)55(42)35-21-22-39-38(29-35)44-40(50(39,2)3)23-24-41-45(44)56-49(51-41)33-17-11-6-12-18-33/h4-29H,1-3H3. The second kappa shape index (κ2) is 12.4. The molecule has 1 aliphatic carbocycles. The highest BCUT2D eigenvalue weighted by Crippen LogP contribution is 2.53. The third-order valence-electron chi connectivity index (χ3n) is 11.3. The fraction of sp³-hybridized carbons (Fsp3) is 0.0800. The SMILES string of the molecule is Cc1ccc2c(c1)c1cc(-c3nc(-c4ccccc4)nc(-c4ccccc4)n3)ccc1n2-c1ccc2c(c1)-c1c(ccc3nc(-c4ccccc4)sc13)C2(C)C. The lowest BCUT2D eigenvalue weighted by atomic mass is 9.82. The van der Waals surface area contributed by atoms with Crippen LogP contribution in [0.1, 0.15) is 30.5 Å². The van der Waals surface area contributed by atoms with E-state index < -0.39 is 0 Å². The number of hydrogen-bond acceptors (Lipinski definition) is 5. The molecular weight excluding hydrogens is 703 g/mol. The van der Waals surface area contributed by atoms with Crippen LogP contribution in [0.5, 0.6) is 0 Å². The zero-order valence-electron chi connectivity index (χ0n) is 31.2. The lowest BCUT2D eigenvalue weighted by molar-refractivity contribution is 0.661. The Balaban J connectivity index is 1.10. The molecule has 3 aromatic heterocycles. The number of hydrogen-bond donors (Lipinski definition) is 0. The van der Waals surface area contributed by atoms with Crippen LogP contribution in [0.2, 0.25) is 0 Å². The molecule has 0 fully saturated rings. The minimum absolute atomic E-state index is 0.136. The van der Waals surface area contributed by atoms with E-state index in [0.29, 0.717) is 17.5 Å². The van der Waals surface area contributed by atoms with E-state index >= 15 is 0 Å². The Kier molecular flexibility index (Phi) is 7.22. The van der Waals surface area contributed by atoms with Crippen LogP contribution < -0.4 is 0 Å². The van der Waals surface area contributed by atoms with E-state index in [2.05, 4.69) is 122 Å². The first-order valence-corrected chi connectivity index (χ1v) is 19.8. The largest absolute Gasteiger partial charge is 0.309 e. The Morgan fingerprint density at radius 1 is 0.500 bits per heavy atom. The van der Waals surface area contributed by atoms with Gasteiger partial charge in [-0.1, -0.05) is 129 Å². The van der Waals surface area contributed by atoms with Gasteiger partial charge >= 0.3 is 0 Å². The minimum Gasteiger partial charge on any atom is -0.309 e. The maximum absolute atomic E-state index is 5.12. The summed E-state index contributed by atoms with van der Waals surface area (Å²) in [5, 5.41) is 3.40. The van der Waals surface area contributed by atoms with Crippen molar-refractivity contribution in [3.8, 4) is 61.5 Å². The number of benzene rings is 7. The molecule has 0 spiro atoms. The van der Waals surface area contributed by atoms with Gasteiger partial charge in [0.1, 0.15) is 5.01 Å².